The van der Waals surface area contributed by atoms with E-state index in [1.54, 1.807) is 31.2 Å². The van der Waals surface area contributed by atoms with Gasteiger partial charge in [0.05, 0.1) is 6.61 Å². The summed E-state index contributed by atoms with van der Waals surface area (Å²) in [5.41, 5.74) is 0.743. The third-order valence-electron chi connectivity index (χ3n) is 2.68. The van der Waals surface area contributed by atoms with Crippen molar-refractivity contribution >= 4 is 18.0 Å². The Hall–Kier alpha value is -2.30. The maximum Gasteiger partial charge on any atom is 0.347 e. The maximum absolute atomic E-state index is 11.8. The lowest BCUT2D eigenvalue weighted by Crippen LogP contribution is -2.29. The van der Waals surface area contributed by atoms with Crippen LogP contribution >= 0.6 is 0 Å². The smallest absolute Gasteiger partial charge is 0.347 e. The van der Waals surface area contributed by atoms with Crippen LogP contribution in [-0.2, 0) is 14.3 Å². The van der Waals surface area contributed by atoms with Crippen LogP contribution in [0.3, 0.4) is 0 Å². The largest absolute Gasteiger partial charge is 0.479 e. The summed E-state index contributed by atoms with van der Waals surface area (Å²) in [5, 5.41) is 8.56. The Morgan fingerprint density at radius 1 is 1.24 bits per heavy atom. The van der Waals surface area contributed by atoms with Gasteiger partial charge in [-0.1, -0.05) is 25.5 Å². The van der Waals surface area contributed by atoms with Gasteiger partial charge in [0.15, 0.2) is 6.10 Å². The third kappa shape index (κ3) is 6.12. The molecule has 0 saturated heterocycles. The molecule has 0 spiro atoms. The molecule has 0 heterocycles. The fourth-order valence-corrected chi connectivity index (χ4v) is 1.71. The number of ether oxygens (including phenoxy) is 2. The molecule has 1 aromatic rings. The van der Waals surface area contributed by atoms with Crippen LogP contribution in [0, 0.1) is 0 Å². The summed E-state index contributed by atoms with van der Waals surface area (Å²) in [5.74, 6) is -0.816. The van der Waals surface area contributed by atoms with Gasteiger partial charge in [0.25, 0.3) is 0 Å². The molecule has 0 aromatic heterocycles. The summed E-state index contributed by atoms with van der Waals surface area (Å²) >= 11 is 0. The number of rotatable bonds is 8. The lowest BCUT2D eigenvalue weighted by atomic mass is 10.2. The highest BCUT2D eigenvalue weighted by atomic mass is 16.6. The second-order valence-corrected chi connectivity index (χ2v) is 4.39. The van der Waals surface area contributed by atoms with Gasteiger partial charge >= 0.3 is 11.9 Å². The molecule has 5 nitrogen and oxygen atoms in total. The normalized spacial score (nSPS) is 12.1. The van der Waals surface area contributed by atoms with E-state index >= 15 is 0 Å². The number of benzene rings is 1. The van der Waals surface area contributed by atoms with E-state index in [4.69, 9.17) is 14.6 Å². The molecular weight excluding hydrogens is 272 g/mol. The number of aliphatic carboxylic acids is 1. The van der Waals surface area contributed by atoms with E-state index < -0.39 is 12.1 Å². The molecule has 0 bridgehead atoms. The number of carboxylic acid groups (broad SMARTS) is 1. The van der Waals surface area contributed by atoms with Crippen molar-refractivity contribution in [2.45, 2.75) is 32.8 Å². The molecule has 0 amide bonds. The van der Waals surface area contributed by atoms with E-state index in [2.05, 4.69) is 0 Å². The van der Waals surface area contributed by atoms with Crippen molar-refractivity contribution in [2.24, 2.45) is 0 Å². The van der Waals surface area contributed by atoms with E-state index in [9.17, 15) is 9.59 Å². The van der Waals surface area contributed by atoms with Gasteiger partial charge in [-0.25, -0.2) is 9.59 Å². The van der Waals surface area contributed by atoms with Crippen LogP contribution < -0.4 is 4.74 Å². The summed E-state index contributed by atoms with van der Waals surface area (Å²) in [4.78, 5) is 22.2. The van der Waals surface area contributed by atoms with Crippen LogP contribution in [0.25, 0.3) is 6.08 Å². The molecule has 1 rings (SSSR count). The first-order chi connectivity index (χ1) is 10.1. The Labute approximate surface area is 124 Å². The van der Waals surface area contributed by atoms with Crippen molar-refractivity contribution in [3.8, 4) is 5.75 Å². The summed E-state index contributed by atoms with van der Waals surface area (Å²) < 4.78 is 10.6. The number of esters is 1. The Balaban J connectivity index is 2.71. The van der Waals surface area contributed by atoms with Crippen LogP contribution in [0.15, 0.2) is 30.3 Å². The maximum atomic E-state index is 11.8. The fraction of sp³-hybridized carbons (Fsp3) is 0.375. The monoisotopic (exact) mass is 292 g/mol. The van der Waals surface area contributed by atoms with Crippen LogP contribution in [0.2, 0.25) is 0 Å². The van der Waals surface area contributed by atoms with Gasteiger partial charge in [0.1, 0.15) is 5.75 Å². The van der Waals surface area contributed by atoms with Crippen molar-refractivity contribution in [3.63, 3.8) is 0 Å². The zero-order valence-electron chi connectivity index (χ0n) is 12.2. The number of carbonyl (C=O) groups is 2. The standard InChI is InChI=1S/C16H20O5/c1-3-5-14(16(19)20-4-2)21-13-9-6-12(7-10-13)8-11-15(17)18/h6-11,14H,3-5H2,1-2H3,(H,17,18)/b11-8+. The average Bonchev–Trinajstić information content (AvgIpc) is 2.46. The Morgan fingerprint density at radius 2 is 1.90 bits per heavy atom. The summed E-state index contributed by atoms with van der Waals surface area (Å²) in [7, 11) is 0. The molecule has 0 saturated carbocycles. The predicted octanol–water partition coefficient (Wildman–Crippen LogP) is 2.90. The molecule has 21 heavy (non-hydrogen) atoms. The molecule has 0 aliphatic carbocycles. The highest BCUT2D eigenvalue weighted by molar-refractivity contribution is 5.85. The molecule has 0 aliphatic rings. The minimum absolute atomic E-state index is 0.321. The topological polar surface area (TPSA) is 72.8 Å². The van der Waals surface area contributed by atoms with Crippen LogP contribution in [0.4, 0.5) is 0 Å². The summed E-state index contributed by atoms with van der Waals surface area (Å²) in [6, 6.07) is 6.85. The van der Waals surface area contributed by atoms with Crippen molar-refractivity contribution in [2.75, 3.05) is 6.61 Å². The molecule has 0 aliphatic heterocycles. The van der Waals surface area contributed by atoms with E-state index in [1.807, 2.05) is 6.92 Å². The van der Waals surface area contributed by atoms with Crippen LogP contribution in [0.5, 0.6) is 5.75 Å². The lowest BCUT2D eigenvalue weighted by molar-refractivity contribution is -0.151. The minimum Gasteiger partial charge on any atom is -0.479 e. The second kappa shape index (κ2) is 8.79. The van der Waals surface area contributed by atoms with Crippen molar-refractivity contribution < 1.29 is 24.2 Å². The molecule has 1 aromatic carbocycles. The first-order valence-electron chi connectivity index (χ1n) is 6.91. The zero-order valence-corrected chi connectivity index (χ0v) is 12.2. The molecule has 1 unspecified atom stereocenters. The van der Waals surface area contributed by atoms with Crippen molar-refractivity contribution in [1.82, 2.24) is 0 Å². The van der Waals surface area contributed by atoms with Crippen LogP contribution in [0.1, 0.15) is 32.3 Å². The molecule has 1 N–H and O–H groups in total. The molecule has 0 radical (unpaired) electrons. The molecule has 5 heteroatoms. The van der Waals surface area contributed by atoms with Gasteiger partial charge in [-0.15, -0.1) is 0 Å². The van der Waals surface area contributed by atoms with Gasteiger partial charge < -0.3 is 14.6 Å². The first-order valence-corrected chi connectivity index (χ1v) is 6.91. The predicted molar refractivity (Wildman–Crippen MR) is 79.1 cm³/mol. The zero-order chi connectivity index (χ0) is 15.7. The number of carboxylic acids is 1. The van der Waals surface area contributed by atoms with E-state index in [-0.39, 0.29) is 5.97 Å². The molecule has 0 fully saturated rings. The highest BCUT2D eigenvalue weighted by Crippen LogP contribution is 2.17. The number of hydrogen-bond donors (Lipinski definition) is 1. The third-order valence-corrected chi connectivity index (χ3v) is 2.68. The van der Waals surface area contributed by atoms with Gasteiger partial charge in [0, 0.05) is 6.08 Å². The lowest BCUT2D eigenvalue weighted by Gasteiger charge is -2.17. The highest BCUT2D eigenvalue weighted by Gasteiger charge is 2.20. The van der Waals surface area contributed by atoms with E-state index in [0.717, 1.165) is 18.1 Å². The minimum atomic E-state index is -0.999. The molecular formula is C16H20O5. The van der Waals surface area contributed by atoms with Crippen molar-refractivity contribution in [1.29, 1.82) is 0 Å². The average molecular weight is 292 g/mol. The van der Waals surface area contributed by atoms with Gasteiger partial charge in [0.2, 0.25) is 0 Å². The Bertz CT molecular complexity index is 490. The van der Waals surface area contributed by atoms with Gasteiger partial charge in [-0.3, -0.25) is 0 Å². The fourth-order valence-electron chi connectivity index (χ4n) is 1.71. The SMILES string of the molecule is CCCC(Oc1ccc(/C=C/C(=O)O)cc1)C(=O)OCC. The quantitative estimate of drug-likeness (QED) is 0.589. The van der Waals surface area contributed by atoms with Crippen LogP contribution in [-0.4, -0.2) is 29.8 Å². The number of carbonyl (C=O) groups excluding carboxylic acids is 1. The molecule has 114 valence electrons. The summed E-state index contributed by atoms with van der Waals surface area (Å²) in [6.45, 7) is 4.04. The second-order valence-electron chi connectivity index (χ2n) is 4.39. The van der Waals surface area contributed by atoms with E-state index in [1.165, 1.54) is 6.08 Å². The Morgan fingerprint density at radius 3 is 2.43 bits per heavy atom. The van der Waals surface area contributed by atoms with Gasteiger partial charge in [-0.2, -0.15) is 0 Å². The number of hydrogen-bond acceptors (Lipinski definition) is 4. The summed E-state index contributed by atoms with van der Waals surface area (Å²) in [6.07, 6.45) is 3.33. The van der Waals surface area contributed by atoms with Crippen molar-refractivity contribution in [3.05, 3.63) is 35.9 Å². The van der Waals surface area contributed by atoms with Gasteiger partial charge in [-0.05, 0) is 37.1 Å². The molecule has 1 atom stereocenters. The Kier molecular flexibility index (Phi) is 7.01. The first kappa shape index (κ1) is 16.8. The van der Waals surface area contributed by atoms with E-state index in [0.29, 0.717) is 18.8 Å².